The maximum absolute atomic E-state index is 6.03. The molecule has 0 aliphatic heterocycles. The lowest BCUT2D eigenvalue weighted by molar-refractivity contribution is 0.314. The van der Waals surface area contributed by atoms with Crippen LogP contribution in [0.4, 0.5) is 0 Å². The molecule has 3 N–H and O–H groups in total. The van der Waals surface area contributed by atoms with Crippen LogP contribution in [0, 0.1) is 0 Å². The van der Waals surface area contributed by atoms with Crippen molar-refractivity contribution in [2.24, 2.45) is 5.73 Å². The summed E-state index contributed by atoms with van der Waals surface area (Å²) in [7, 11) is 1.72. The first kappa shape index (κ1) is 13.4. The molecule has 1 aliphatic carbocycles. The molecule has 1 fully saturated rings. The van der Waals surface area contributed by atoms with Crippen LogP contribution in [0.1, 0.15) is 44.2 Å². The molecule has 2 rings (SSSR count). The Labute approximate surface area is 110 Å². The van der Waals surface area contributed by atoms with Crippen molar-refractivity contribution in [3.05, 3.63) is 29.8 Å². The number of benzene rings is 1. The normalized spacial score (nSPS) is 25.7. The van der Waals surface area contributed by atoms with E-state index in [1.54, 1.807) is 7.11 Å². The first-order chi connectivity index (χ1) is 8.70. The molecule has 0 heterocycles. The van der Waals surface area contributed by atoms with Crippen molar-refractivity contribution in [3.8, 4) is 5.75 Å². The van der Waals surface area contributed by atoms with Gasteiger partial charge in [0.25, 0.3) is 0 Å². The van der Waals surface area contributed by atoms with Crippen LogP contribution >= 0.6 is 0 Å². The largest absolute Gasteiger partial charge is 0.496 e. The molecule has 0 aromatic heterocycles. The van der Waals surface area contributed by atoms with Gasteiger partial charge < -0.3 is 15.8 Å². The van der Waals surface area contributed by atoms with E-state index in [1.807, 2.05) is 12.1 Å². The van der Waals surface area contributed by atoms with E-state index in [9.17, 15) is 0 Å². The van der Waals surface area contributed by atoms with Crippen LogP contribution in [-0.2, 0) is 0 Å². The third-order valence-electron chi connectivity index (χ3n) is 3.81. The number of nitrogens with two attached hydrogens (primary N) is 1. The van der Waals surface area contributed by atoms with Gasteiger partial charge in [0.2, 0.25) is 0 Å². The Kier molecular flexibility index (Phi) is 4.61. The molecule has 0 amide bonds. The van der Waals surface area contributed by atoms with Gasteiger partial charge >= 0.3 is 0 Å². The van der Waals surface area contributed by atoms with Gasteiger partial charge in [-0.15, -0.1) is 0 Å². The molecule has 0 saturated heterocycles. The second kappa shape index (κ2) is 6.21. The van der Waals surface area contributed by atoms with Crippen molar-refractivity contribution in [2.45, 2.75) is 50.7 Å². The molecule has 3 atom stereocenters. The van der Waals surface area contributed by atoms with Gasteiger partial charge in [-0.05, 0) is 32.3 Å². The molecule has 3 nitrogen and oxygen atoms in total. The predicted octanol–water partition coefficient (Wildman–Crippen LogP) is 2.62. The Hall–Kier alpha value is -1.06. The summed E-state index contributed by atoms with van der Waals surface area (Å²) in [5.41, 5.74) is 7.25. The molecular weight excluding hydrogens is 224 g/mol. The summed E-state index contributed by atoms with van der Waals surface area (Å²) in [5, 5.41) is 3.68. The van der Waals surface area contributed by atoms with Crippen LogP contribution in [0.2, 0.25) is 0 Å². The molecule has 0 radical (unpaired) electrons. The third-order valence-corrected chi connectivity index (χ3v) is 3.81. The van der Waals surface area contributed by atoms with Crippen LogP contribution in [0.3, 0.4) is 0 Å². The zero-order valence-electron chi connectivity index (χ0n) is 11.4. The van der Waals surface area contributed by atoms with Crippen molar-refractivity contribution in [1.82, 2.24) is 5.32 Å². The van der Waals surface area contributed by atoms with Gasteiger partial charge in [-0.3, -0.25) is 0 Å². The lowest BCUT2D eigenvalue weighted by Crippen LogP contribution is -2.40. The molecule has 18 heavy (non-hydrogen) atoms. The average molecular weight is 248 g/mol. The summed E-state index contributed by atoms with van der Waals surface area (Å²) in [6.45, 7) is 2.19. The monoisotopic (exact) mass is 248 g/mol. The second-order valence-corrected chi connectivity index (χ2v) is 5.25. The quantitative estimate of drug-likeness (QED) is 0.861. The van der Waals surface area contributed by atoms with Crippen LogP contribution in [0.25, 0.3) is 0 Å². The highest BCUT2D eigenvalue weighted by molar-refractivity contribution is 5.35. The minimum atomic E-state index is 0.302. The van der Waals surface area contributed by atoms with Gasteiger partial charge in [-0.1, -0.05) is 24.6 Å². The number of para-hydroxylation sites is 1. The third kappa shape index (κ3) is 3.24. The number of methoxy groups -OCH3 is 1. The molecule has 100 valence electrons. The van der Waals surface area contributed by atoms with E-state index in [4.69, 9.17) is 10.5 Å². The Morgan fingerprint density at radius 3 is 2.83 bits per heavy atom. The first-order valence-electron chi connectivity index (χ1n) is 6.85. The Bertz CT molecular complexity index is 381. The highest BCUT2D eigenvalue weighted by Crippen LogP contribution is 2.26. The van der Waals surface area contributed by atoms with E-state index in [2.05, 4.69) is 24.4 Å². The van der Waals surface area contributed by atoms with Gasteiger partial charge in [0.1, 0.15) is 5.75 Å². The Morgan fingerprint density at radius 2 is 2.11 bits per heavy atom. The van der Waals surface area contributed by atoms with Crippen LogP contribution in [-0.4, -0.2) is 19.2 Å². The number of ether oxygens (including phenoxy) is 1. The summed E-state index contributed by atoms with van der Waals surface area (Å²) >= 11 is 0. The lowest BCUT2D eigenvalue weighted by Gasteiger charge is -2.30. The van der Waals surface area contributed by atoms with Crippen molar-refractivity contribution in [1.29, 1.82) is 0 Å². The predicted molar refractivity (Wildman–Crippen MR) is 74.8 cm³/mol. The van der Waals surface area contributed by atoms with Gasteiger partial charge in [0.15, 0.2) is 0 Å². The molecule has 3 heteroatoms. The topological polar surface area (TPSA) is 47.3 Å². The molecular formula is C15H24N2O. The van der Waals surface area contributed by atoms with Crippen molar-refractivity contribution < 1.29 is 4.74 Å². The number of hydrogen-bond acceptors (Lipinski definition) is 3. The van der Waals surface area contributed by atoms with Gasteiger partial charge in [0, 0.05) is 23.7 Å². The van der Waals surface area contributed by atoms with Crippen molar-refractivity contribution in [3.63, 3.8) is 0 Å². The first-order valence-corrected chi connectivity index (χ1v) is 6.85. The minimum Gasteiger partial charge on any atom is -0.496 e. The van der Waals surface area contributed by atoms with Gasteiger partial charge in [-0.25, -0.2) is 0 Å². The fourth-order valence-electron chi connectivity index (χ4n) is 2.85. The zero-order valence-corrected chi connectivity index (χ0v) is 11.4. The maximum Gasteiger partial charge on any atom is 0.123 e. The highest BCUT2D eigenvalue weighted by Gasteiger charge is 2.21. The molecule has 1 aromatic carbocycles. The average Bonchev–Trinajstić information content (AvgIpc) is 2.38. The van der Waals surface area contributed by atoms with E-state index in [1.165, 1.54) is 24.8 Å². The Balaban J connectivity index is 2.00. The summed E-state index contributed by atoms with van der Waals surface area (Å²) in [5.74, 6) is 0.956. The molecule has 1 aromatic rings. The molecule has 2 unspecified atom stereocenters. The fraction of sp³-hybridized carbons (Fsp3) is 0.600. The lowest BCUT2D eigenvalue weighted by atomic mass is 9.90. The highest BCUT2D eigenvalue weighted by atomic mass is 16.5. The fourth-order valence-corrected chi connectivity index (χ4v) is 2.85. The van der Waals surface area contributed by atoms with E-state index in [0.29, 0.717) is 18.1 Å². The van der Waals surface area contributed by atoms with Gasteiger partial charge in [0.05, 0.1) is 7.11 Å². The second-order valence-electron chi connectivity index (χ2n) is 5.25. The maximum atomic E-state index is 6.03. The van der Waals surface area contributed by atoms with Crippen LogP contribution < -0.4 is 15.8 Å². The Morgan fingerprint density at radius 1 is 1.33 bits per heavy atom. The number of rotatable bonds is 4. The van der Waals surface area contributed by atoms with Gasteiger partial charge in [-0.2, -0.15) is 0 Å². The summed E-state index contributed by atoms with van der Waals surface area (Å²) in [4.78, 5) is 0. The zero-order chi connectivity index (χ0) is 13.0. The molecule has 1 saturated carbocycles. The van der Waals surface area contributed by atoms with E-state index in [0.717, 1.165) is 12.2 Å². The van der Waals surface area contributed by atoms with Crippen LogP contribution in [0.15, 0.2) is 24.3 Å². The molecule has 0 spiro atoms. The SMILES string of the molecule is COc1ccccc1[C@H](C)NC1CCCC(N)C1. The molecule has 1 aliphatic rings. The summed E-state index contributed by atoms with van der Waals surface area (Å²) < 4.78 is 5.41. The minimum absolute atomic E-state index is 0.302. The smallest absolute Gasteiger partial charge is 0.123 e. The molecule has 0 bridgehead atoms. The van der Waals surface area contributed by atoms with Crippen molar-refractivity contribution in [2.75, 3.05) is 7.11 Å². The van der Waals surface area contributed by atoms with E-state index in [-0.39, 0.29) is 0 Å². The van der Waals surface area contributed by atoms with E-state index < -0.39 is 0 Å². The number of hydrogen-bond donors (Lipinski definition) is 2. The summed E-state index contributed by atoms with van der Waals surface area (Å²) in [6, 6.07) is 9.40. The van der Waals surface area contributed by atoms with Crippen LogP contribution in [0.5, 0.6) is 5.75 Å². The standard InChI is InChI=1S/C15H24N2O/c1-11(14-8-3-4-9-15(14)18-2)17-13-7-5-6-12(16)10-13/h3-4,8-9,11-13,17H,5-7,10,16H2,1-2H3/t11-,12?,13?/m0/s1. The number of nitrogens with one attached hydrogen (secondary N) is 1. The summed E-state index contributed by atoms with van der Waals surface area (Å²) in [6.07, 6.45) is 4.71. The van der Waals surface area contributed by atoms with Crippen molar-refractivity contribution >= 4 is 0 Å². The van der Waals surface area contributed by atoms with E-state index >= 15 is 0 Å².